The fraction of sp³-hybridized carbons (Fsp3) is 0.348. The molecule has 0 radical (unpaired) electrons. The van der Waals surface area contributed by atoms with E-state index in [-0.39, 0.29) is 5.56 Å². The predicted octanol–water partition coefficient (Wildman–Crippen LogP) is 3.29. The Morgan fingerprint density at radius 2 is 1.79 bits per heavy atom. The average molecular weight is 390 g/mol. The van der Waals surface area contributed by atoms with Crippen LogP contribution in [0.4, 0.5) is 11.6 Å². The molecule has 1 aliphatic rings. The van der Waals surface area contributed by atoms with Crippen molar-refractivity contribution in [3.63, 3.8) is 0 Å². The SMILES string of the molecule is CN(C)c1ccc(C2CCCN(c3nc(-c4ccncc4)cc(=O)n3C)C2)cc1. The van der Waals surface area contributed by atoms with Gasteiger partial charge < -0.3 is 9.80 Å². The van der Waals surface area contributed by atoms with E-state index in [4.69, 9.17) is 4.98 Å². The first-order valence-corrected chi connectivity index (χ1v) is 10.0. The maximum absolute atomic E-state index is 12.6. The molecule has 0 saturated carbocycles. The normalized spacial score (nSPS) is 16.7. The van der Waals surface area contributed by atoms with Crippen molar-refractivity contribution in [2.75, 3.05) is 37.0 Å². The van der Waals surface area contributed by atoms with E-state index in [1.807, 2.05) is 12.1 Å². The van der Waals surface area contributed by atoms with E-state index >= 15 is 0 Å². The molecular formula is C23H27N5O. The van der Waals surface area contributed by atoms with Crippen molar-refractivity contribution in [2.45, 2.75) is 18.8 Å². The van der Waals surface area contributed by atoms with E-state index in [0.29, 0.717) is 11.6 Å². The van der Waals surface area contributed by atoms with Gasteiger partial charge in [-0.05, 0) is 42.7 Å². The summed E-state index contributed by atoms with van der Waals surface area (Å²) in [5.41, 5.74) is 4.11. The molecule has 150 valence electrons. The number of pyridine rings is 1. The van der Waals surface area contributed by atoms with Gasteiger partial charge in [0.25, 0.3) is 5.56 Å². The summed E-state index contributed by atoms with van der Waals surface area (Å²) in [5.74, 6) is 1.17. The number of hydrogen-bond donors (Lipinski definition) is 0. The highest BCUT2D eigenvalue weighted by Gasteiger charge is 2.24. The lowest BCUT2D eigenvalue weighted by Gasteiger charge is -2.34. The first kappa shape index (κ1) is 19.2. The van der Waals surface area contributed by atoms with Crippen molar-refractivity contribution in [1.82, 2.24) is 14.5 Å². The maximum atomic E-state index is 12.6. The molecule has 3 heterocycles. The summed E-state index contributed by atoms with van der Waals surface area (Å²) in [7, 11) is 5.91. The van der Waals surface area contributed by atoms with Crippen LogP contribution in [-0.4, -0.2) is 41.7 Å². The summed E-state index contributed by atoms with van der Waals surface area (Å²) in [6.45, 7) is 1.77. The second-order valence-corrected chi connectivity index (χ2v) is 7.85. The number of aromatic nitrogens is 3. The summed E-state index contributed by atoms with van der Waals surface area (Å²) in [6, 6.07) is 14.2. The van der Waals surface area contributed by atoms with Gasteiger partial charge in [-0.1, -0.05) is 12.1 Å². The van der Waals surface area contributed by atoms with Gasteiger partial charge in [0, 0.05) is 69.9 Å². The van der Waals surface area contributed by atoms with Crippen molar-refractivity contribution in [3.05, 3.63) is 70.8 Å². The zero-order chi connectivity index (χ0) is 20.4. The third-order valence-corrected chi connectivity index (χ3v) is 5.67. The average Bonchev–Trinajstić information content (AvgIpc) is 2.76. The van der Waals surface area contributed by atoms with E-state index in [1.165, 1.54) is 11.3 Å². The van der Waals surface area contributed by atoms with Crippen molar-refractivity contribution < 1.29 is 0 Å². The summed E-state index contributed by atoms with van der Waals surface area (Å²) >= 11 is 0. The van der Waals surface area contributed by atoms with Gasteiger partial charge in [-0.25, -0.2) is 4.98 Å². The molecule has 3 aromatic rings. The number of rotatable bonds is 4. The fourth-order valence-corrected chi connectivity index (χ4v) is 3.96. The smallest absolute Gasteiger partial charge is 0.255 e. The van der Waals surface area contributed by atoms with E-state index < -0.39 is 0 Å². The number of piperidine rings is 1. The van der Waals surface area contributed by atoms with Crippen molar-refractivity contribution >= 4 is 11.6 Å². The van der Waals surface area contributed by atoms with E-state index in [1.54, 1.807) is 30.1 Å². The lowest BCUT2D eigenvalue weighted by atomic mass is 9.90. The molecule has 0 N–H and O–H groups in total. The van der Waals surface area contributed by atoms with Gasteiger partial charge in [0.2, 0.25) is 5.95 Å². The third kappa shape index (κ3) is 4.01. The zero-order valence-corrected chi connectivity index (χ0v) is 17.2. The summed E-state index contributed by atoms with van der Waals surface area (Å²) in [4.78, 5) is 25.9. The second-order valence-electron chi connectivity index (χ2n) is 7.85. The van der Waals surface area contributed by atoms with Gasteiger partial charge >= 0.3 is 0 Å². The van der Waals surface area contributed by atoms with Gasteiger partial charge in [-0.3, -0.25) is 14.3 Å². The van der Waals surface area contributed by atoms with Crippen LogP contribution in [0.2, 0.25) is 0 Å². The Balaban J connectivity index is 1.62. The topological polar surface area (TPSA) is 54.3 Å². The molecular weight excluding hydrogens is 362 g/mol. The number of anilines is 2. The quantitative estimate of drug-likeness (QED) is 0.685. The van der Waals surface area contributed by atoms with Gasteiger partial charge in [-0.15, -0.1) is 0 Å². The lowest BCUT2D eigenvalue weighted by Crippen LogP contribution is -2.38. The molecule has 1 aliphatic heterocycles. The molecule has 6 heteroatoms. The van der Waals surface area contributed by atoms with Gasteiger partial charge in [0.05, 0.1) is 5.69 Å². The molecule has 1 aromatic carbocycles. The zero-order valence-electron chi connectivity index (χ0n) is 17.2. The van der Waals surface area contributed by atoms with Crippen molar-refractivity contribution in [2.24, 2.45) is 7.05 Å². The summed E-state index contributed by atoms with van der Waals surface area (Å²) in [5, 5.41) is 0. The van der Waals surface area contributed by atoms with Crippen LogP contribution in [-0.2, 0) is 7.05 Å². The minimum Gasteiger partial charge on any atom is -0.378 e. The van der Waals surface area contributed by atoms with Crippen LogP contribution >= 0.6 is 0 Å². The molecule has 0 spiro atoms. The Bertz CT molecular complexity index is 1030. The van der Waals surface area contributed by atoms with Crippen LogP contribution in [0.1, 0.15) is 24.3 Å². The Kier molecular flexibility index (Phi) is 5.34. The molecule has 2 aromatic heterocycles. The highest BCUT2D eigenvalue weighted by molar-refractivity contribution is 5.59. The van der Waals surface area contributed by atoms with Crippen LogP contribution < -0.4 is 15.4 Å². The Morgan fingerprint density at radius 3 is 2.48 bits per heavy atom. The molecule has 0 amide bonds. The second kappa shape index (κ2) is 8.07. The molecule has 1 fully saturated rings. The van der Waals surface area contributed by atoms with Crippen LogP contribution in [0.5, 0.6) is 0 Å². The highest BCUT2D eigenvalue weighted by Crippen LogP contribution is 2.30. The maximum Gasteiger partial charge on any atom is 0.255 e. The molecule has 0 bridgehead atoms. The van der Waals surface area contributed by atoms with Crippen LogP contribution in [0, 0.1) is 0 Å². The van der Waals surface area contributed by atoms with E-state index in [2.05, 4.69) is 53.1 Å². The van der Waals surface area contributed by atoms with Gasteiger partial charge in [0.1, 0.15) is 0 Å². The molecule has 6 nitrogen and oxygen atoms in total. The largest absolute Gasteiger partial charge is 0.378 e. The fourth-order valence-electron chi connectivity index (χ4n) is 3.96. The molecule has 4 rings (SSSR count). The van der Waals surface area contributed by atoms with E-state index in [9.17, 15) is 4.79 Å². The monoisotopic (exact) mass is 389 g/mol. The van der Waals surface area contributed by atoms with Crippen LogP contribution in [0.15, 0.2) is 59.7 Å². The van der Waals surface area contributed by atoms with Crippen LogP contribution in [0.3, 0.4) is 0 Å². The van der Waals surface area contributed by atoms with Crippen molar-refractivity contribution in [1.29, 1.82) is 0 Å². The third-order valence-electron chi connectivity index (χ3n) is 5.67. The first-order chi connectivity index (χ1) is 14.0. The highest BCUT2D eigenvalue weighted by atomic mass is 16.1. The number of benzene rings is 1. The lowest BCUT2D eigenvalue weighted by molar-refractivity contribution is 0.497. The number of nitrogens with zero attached hydrogens (tertiary/aromatic N) is 5. The Labute approximate surface area is 171 Å². The van der Waals surface area contributed by atoms with Crippen LogP contribution in [0.25, 0.3) is 11.3 Å². The van der Waals surface area contributed by atoms with Crippen molar-refractivity contribution in [3.8, 4) is 11.3 Å². The summed E-state index contributed by atoms with van der Waals surface area (Å²) < 4.78 is 1.65. The molecule has 1 atom stereocenters. The predicted molar refractivity (Wildman–Crippen MR) is 118 cm³/mol. The summed E-state index contributed by atoms with van der Waals surface area (Å²) in [6.07, 6.45) is 5.68. The minimum atomic E-state index is -0.0423. The molecule has 1 unspecified atom stereocenters. The first-order valence-electron chi connectivity index (χ1n) is 10.0. The molecule has 29 heavy (non-hydrogen) atoms. The standard InChI is InChI=1S/C23H27N5O/c1-26(2)20-8-6-17(7-9-20)19-5-4-14-28(16-19)23-25-21(15-22(29)27(23)3)18-10-12-24-13-11-18/h6-13,15,19H,4-5,14,16H2,1-3H3. The van der Waals surface area contributed by atoms with Gasteiger partial charge in [0.15, 0.2) is 0 Å². The van der Waals surface area contributed by atoms with Gasteiger partial charge in [-0.2, -0.15) is 0 Å². The minimum absolute atomic E-state index is 0.0423. The Morgan fingerprint density at radius 1 is 1.07 bits per heavy atom. The Hall–Kier alpha value is -3.15. The molecule has 1 saturated heterocycles. The number of hydrogen-bond acceptors (Lipinski definition) is 5. The molecule has 0 aliphatic carbocycles. The van der Waals surface area contributed by atoms with E-state index in [0.717, 1.165) is 37.4 Å².